The molecule has 6 rings (SSSR count). The van der Waals surface area contributed by atoms with Gasteiger partial charge in [0, 0.05) is 38.3 Å². The van der Waals surface area contributed by atoms with Crippen LogP contribution in [0.4, 0.5) is 25.1 Å². The number of alkyl halides is 3. The van der Waals surface area contributed by atoms with Gasteiger partial charge in [-0.25, -0.2) is 0 Å². The molecular formula is C23H35F3N6O. The molecule has 33 heavy (non-hydrogen) atoms. The van der Waals surface area contributed by atoms with E-state index in [-0.39, 0.29) is 12.0 Å². The summed E-state index contributed by atoms with van der Waals surface area (Å²) in [6, 6.07) is -0.278. The second-order valence-corrected chi connectivity index (χ2v) is 10.5. The zero-order chi connectivity index (χ0) is 23.1. The second kappa shape index (κ2) is 9.07. The maximum Gasteiger partial charge on any atom is 0.422 e. The van der Waals surface area contributed by atoms with Crippen molar-refractivity contribution in [2.24, 2.45) is 17.8 Å². The van der Waals surface area contributed by atoms with Crippen LogP contribution in [0.1, 0.15) is 58.3 Å². The van der Waals surface area contributed by atoms with E-state index in [2.05, 4.69) is 37.0 Å². The van der Waals surface area contributed by atoms with Crippen LogP contribution in [0.25, 0.3) is 0 Å². The van der Waals surface area contributed by atoms with Crippen molar-refractivity contribution in [2.45, 2.75) is 70.0 Å². The molecule has 0 radical (unpaired) electrons. The molecule has 184 valence electrons. The number of hydrogen-bond acceptors (Lipinski definition) is 7. The molecule has 0 unspecified atom stereocenters. The second-order valence-electron chi connectivity index (χ2n) is 10.5. The minimum absolute atomic E-state index is 0.272. The molecule has 7 nitrogen and oxygen atoms in total. The summed E-state index contributed by atoms with van der Waals surface area (Å²) in [5.74, 6) is 3.38. The highest BCUT2D eigenvalue weighted by Gasteiger charge is 2.53. The first-order valence-corrected chi connectivity index (χ1v) is 12.5. The Balaban J connectivity index is 1.26. The number of piperazine rings is 1. The average Bonchev–Trinajstić information content (AvgIpc) is 2.77. The Morgan fingerprint density at radius 3 is 2.18 bits per heavy atom. The van der Waals surface area contributed by atoms with E-state index in [1.165, 1.54) is 38.5 Å². The Bertz CT molecular complexity index is 792. The summed E-state index contributed by atoms with van der Waals surface area (Å²) < 4.78 is 42.9. The summed E-state index contributed by atoms with van der Waals surface area (Å²) in [5.41, 5.74) is 0.369. The SMILES string of the molecule is CCCCNc1nc(OCC(F)(F)F)nc(N2CCN(C34CC5CC(CC(C5)C3)C4)CC2)n1. The lowest BCUT2D eigenvalue weighted by atomic mass is 9.52. The number of nitrogens with one attached hydrogen (secondary N) is 1. The number of anilines is 2. The van der Waals surface area contributed by atoms with Gasteiger partial charge in [0.2, 0.25) is 11.9 Å². The summed E-state index contributed by atoms with van der Waals surface area (Å²) in [4.78, 5) is 17.5. The average molecular weight is 469 g/mol. The van der Waals surface area contributed by atoms with Gasteiger partial charge in [-0.15, -0.1) is 0 Å². The number of halogens is 3. The van der Waals surface area contributed by atoms with Gasteiger partial charge in [0.05, 0.1) is 0 Å². The third kappa shape index (κ3) is 5.15. The predicted molar refractivity (Wildman–Crippen MR) is 119 cm³/mol. The number of aromatic nitrogens is 3. The van der Waals surface area contributed by atoms with Crippen molar-refractivity contribution >= 4 is 11.9 Å². The molecule has 4 saturated carbocycles. The van der Waals surface area contributed by atoms with Gasteiger partial charge < -0.3 is 15.0 Å². The number of hydrogen-bond donors (Lipinski definition) is 1. The van der Waals surface area contributed by atoms with Crippen molar-refractivity contribution < 1.29 is 17.9 Å². The maximum atomic E-state index is 12.7. The Hall–Kier alpha value is -1.84. The number of unbranched alkanes of at least 4 members (excludes halogenated alkanes) is 1. The molecule has 2 heterocycles. The Kier molecular flexibility index (Phi) is 6.30. The van der Waals surface area contributed by atoms with Gasteiger partial charge in [-0.1, -0.05) is 13.3 Å². The number of nitrogens with zero attached hydrogens (tertiary/aromatic N) is 5. The quantitative estimate of drug-likeness (QED) is 0.576. The lowest BCUT2D eigenvalue weighted by Gasteiger charge is -2.61. The largest absolute Gasteiger partial charge is 0.454 e. The first kappa shape index (κ1) is 22.9. The molecule has 1 saturated heterocycles. The molecule has 0 atom stereocenters. The van der Waals surface area contributed by atoms with Crippen LogP contribution in [0.2, 0.25) is 0 Å². The van der Waals surface area contributed by atoms with Crippen molar-refractivity contribution in [1.82, 2.24) is 19.9 Å². The van der Waals surface area contributed by atoms with E-state index < -0.39 is 12.8 Å². The summed E-state index contributed by atoms with van der Waals surface area (Å²) in [6.07, 6.45) is 5.78. The standard InChI is InChI=1S/C23H35F3N6O/c1-2-3-4-27-19-28-20(30-21(29-19)33-15-23(24,25)26)31-5-7-32(8-6-31)22-12-16-9-17(13-22)11-18(10-16)14-22/h16-18H,2-15H2,1H3,(H,27,28,29,30). The van der Waals surface area contributed by atoms with E-state index in [4.69, 9.17) is 4.74 Å². The van der Waals surface area contributed by atoms with Crippen molar-refractivity contribution in [2.75, 3.05) is 49.5 Å². The van der Waals surface area contributed by atoms with Gasteiger partial charge in [-0.2, -0.15) is 28.1 Å². The predicted octanol–water partition coefficient (Wildman–Crippen LogP) is 4.12. The fourth-order valence-electron chi connectivity index (χ4n) is 6.99. The molecule has 0 aromatic carbocycles. The van der Waals surface area contributed by atoms with Crippen LogP contribution in [0.5, 0.6) is 6.01 Å². The van der Waals surface area contributed by atoms with Crippen LogP contribution in [0, 0.1) is 17.8 Å². The zero-order valence-corrected chi connectivity index (χ0v) is 19.4. The highest BCUT2D eigenvalue weighted by molar-refractivity contribution is 5.39. The molecule has 1 N–H and O–H groups in total. The summed E-state index contributed by atoms with van der Waals surface area (Å²) in [6.45, 7) is 4.72. The molecule has 1 aromatic heterocycles. The molecule has 0 spiro atoms. The lowest BCUT2D eigenvalue weighted by molar-refractivity contribution is -0.154. The van der Waals surface area contributed by atoms with Gasteiger partial charge in [0.1, 0.15) is 0 Å². The highest BCUT2D eigenvalue weighted by Crippen LogP contribution is 2.57. The Labute approximate surface area is 193 Å². The molecule has 1 aromatic rings. The Morgan fingerprint density at radius 2 is 1.61 bits per heavy atom. The van der Waals surface area contributed by atoms with Crippen LogP contribution in [-0.4, -0.2) is 70.9 Å². The molecular weight excluding hydrogens is 433 g/mol. The molecule has 1 aliphatic heterocycles. The first-order valence-electron chi connectivity index (χ1n) is 12.5. The fraction of sp³-hybridized carbons (Fsp3) is 0.870. The third-order valence-electron chi connectivity index (χ3n) is 8.02. The van der Waals surface area contributed by atoms with Crippen LogP contribution in [0.15, 0.2) is 0 Å². The number of rotatable bonds is 8. The van der Waals surface area contributed by atoms with Gasteiger partial charge >= 0.3 is 12.2 Å². The molecule has 10 heteroatoms. The van der Waals surface area contributed by atoms with E-state index in [1.54, 1.807) is 0 Å². The summed E-state index contributed by atoms with van der Waals surface area (Å²) >= 11 is 0. The van der Waals surface area contributed by atoms with Crippen LogP contribution in [0.3, 0.4) is 0 Å². The molecule has 5 fully saturated rings. The van der Waals surface area contributed by atoms with Gasteiger partial charge in [-0.05, 0) is 62.7 Å². The number of ether oxygens (including phenoxy) is 1. The maximum absolute atomic E-state index is 12.7. The fourth-order valence-corrected chi connectivity index (χ4v) is 6.99. The van der Waals surface area contributed by atoms with Crippen LogP contribution < -0.4 is 15.0 Å². The lowest BCUT2D eigenvalue weighted by Crippen LogP contribution is -2.64. The zero-order valence-electron chi connectivity index (χ0n) is 19.4. The van der Waals surface area contributed by atoms with Crippen molar-refractivity contribution in [3.63, 3.8) is 0 Å². The topological polar surface area (TPSA) is 66.4 Å². The van der Waals surface area contributed by atoms with Gasteiger partial charge in [0.15, 0.2) is 6.61 Å². The molecule has 5 aliphatic rings. The van der Waals surface area contributed by atoms with Crippen LogP contribution >= 0.6 is 0 Å². The first-order chi connectivity index (χ1) is 15.8. The molecule has 4 aliphatic carbocycles. The minimum atomic E-state index is -4.44. The highest BCUT2D eigenvalue weighted by atomic mass is 19.4. The normalized spacial score (nSPS) is 31.8. The monoisotopic (exact) mass is 468 g/mol. The molecule has 0 amide bonds. The van der Waals surface area contributed by atoms with E-state index in [9.17, 15) is 13.2 Å². The van der Waals surface area contributed by atoms with Crippen molar-refractivity contribution in [1.29, 1.82) is 0 Å². The van der Waals surface area contributed by atoms with E-state index >= 15 is 0 Å². The third-order valence-corrected chi connectivity index (χ3v) is 8.02. The van der Waals surface area contributed by atoms with E-state index in [0.29, 0.717) is 18.0 Å². The Morgan fingerprint density at radius 1 is 0.970 bits per heavy atom. The summed E-state index contributed by atoms with van der Waals surface area (Å²) in [5, 5.41) is 3.10. The van der Waals surface area contributed by atoms with E-state index in [0.717, 1.165) is 56.8 Å². The van der Waals surface area contributed by atoms with Crippen molar-refractivity contribution in [3.05, 3.63) is 0 Å². The van der Waals surface area contributed by atoms with Crippen molar-refractivity contribution in [3.8, 4) is 6.01 Å². The molecule has 4 bridgehead atoms. The van der Waals surface area contributed by atoms with Gasteiger partial charge in [-0.3, -0.25) is 4.90 Å². The van der Waals surface area contributed by atoms with Crippen LogP contribution in [-0.2, 0) is 0 Å². The minimum Gasteiger partial charge on any atom is -0.454 e. The van der Waals surface area contributed by atoms with Gasteiger partial charge in [0.25, 0.3) is 0 Å². The summed E-state index contributed by atoms with van der Waals surface area (Å²) in [7, 11) is 0. The van der Waals surface area contributed by atoms with E-state index in [1.807, 2.05) is 0 Å². The smallest absolute Gasteiger partial charge is 0.422 e.